The van der Waals surface area contributed by atoms with Crippen molar-refractivity contribution in [3.05, 3.63) is 64.4 Å². The largest absolute Gasteiger partial charge is 0.465 e. The highest BCUT2D eigenvalue weighted by Crippen LogP contribution is 2.21. The first-order valence-electron chi connectivity index (χ1n) is 12.3. The number of likely N-dealkylation sites (tertiary alicyclic amines) is 1. The summed E-state index contributed by atoms with van der Waals surface area (Å²) in [6.45, 7) is 2.99. The van der Waals surface area contributed by atoms with Crippen LogP contribution in [0.1, 0.15) is 43.0 Å². The molecular formula is C26H34ClN5O4. The number of nitrogens with one attached hydrogen (secondary N) is 2. The van der Waals surface area contributed by atoms with Crippen LogP contribution in [-0.4, -0.2) is 59.4 Å². The highest BCUT2D eigenvalue weighted by Gasteiger charge is 2.37. The van der Waals surface area contributed by atoms with E-state index in [0.717, 1.165) is 23.2 Å². The van der Waals surface area contributed by atoms with Gasteiger partial charge in [-0.15, -0.1) is 0 Å². The van der Waals surface area contributed by atoms with Crippen LogP contribution in [0, 0.1) is 0 Å². The molecule has 1 aliphatic heterocycles. The number of esters is 1. The average Bonchev–Trinajstić information content (AvgIpc) is 3.38. The molecule has 1 aromatic carbocycles. The van der Waals surface area contributed by atoms with Crippen molar-refractivity contribution < 1.29 is 19.1 Å². The summed E-state index contributed by atoms with van der Waals surface area (Å²) in [7, 11) is 0. The number of ether oxygens (including phenoxy) is 1. The van der Waals surface area contributed by atoms with Gasteiger partial charge in [-0.25, -0.2) is 0 Å². The van der Waals surface area contributed by atoms with E-state index < -0.39 is 18.1 Å². The Kier molecular flexibility index (Phi) is 10.7. The minimum atomic E-state index is -0.651. The third-order valence-electron chi connectivity index (χ3n) is 6.19. The molecule has 3 rings (SSSR count). The molecular weight excluding hydrogens is 482 g/mol. The molecule has 0 spiro atoms. The van der Waals surface area contributed by atoms with Gasteiger partial charge in [0.1, 0.15) is 6.04 Å². The quantitative estimate of drug-likeness (QED) is 0.369. The first-order valence-corrected chi connectivity index (χ1v) is 12.6. The molecule has 4 N–H and O–H groups in total. The normalized spacial score (nSPS) is 16.0. The number of hydrogen-bond donors (Lipinski definition) is 3. The number of hydrogen-bond acceptors (Lipinski definition) is 7. The van der Waals surface area contributed by atoms with E-state index >= 15 is 0 Å². The maximum absolute atomic E-state index is 13.5. The number of benzene rings is 1. The lowest BCUT2D eigenvalue weighted by Gasteiger charge is -2.29. The van der Waals surface area contributed by atoms with Crippen LogP contribution < -0.4 is 16.4 Å². The number of carbonyl (C=O) groups excluding carboxylic acids is 3. The number of pyridine rings is 1. The lowest BCUT2D eigenvalue weighted by atomic mass is 10.1. The number of rotatable bonds is 12. The summed E-state index contributed by atoms with van der Waals surface area (Å²) >= 11 is 6.11. The maximum Gasteiger partial charge on any atom is 0.319 e. The van der Waals surface area contributed by atoms with E-state index in [1.165, 1.54) is 0 Å². The van der Waals surface area contributed by atoms with Gasteiger partial charge in [0.05, 0.1) is 19.2 Å². The molecule has 9 nitrogen and oxygen atoms in total. The standard InChI is InChI=1S/C26H34ClN5O4/c1-2-36-24(33)17-30-22(11-10-21-6-3-4-12-29-21)26(35)32-13-5-7-23(32)25(34)31-16-19-14-20(27)9-8-18(19)15-28/h3-4,6,8-9,12,14,22-23,30H,2,5,7,10-11,13,15-17,28H2,1H3,(H,31,34)/t22-,23+/m1/s1. The molecule has 0 saturated carbocycles. The molecule has 1 saturated heterocycles. The van der Waals surface area contributed by atoms with Gasteiger partial charge in [0.25, 0.3) is 0 Å². The first kappa shape index (κ1) is 27.6. The van der Waals surface area contributed by atoms with Gasteiger partial charge in [0, 0.05) is 36.5 Å². The predicted octanol–water partition coefficient (Wildman–Crippen LogP) is 1.96. The summed E-state index contributed by atoms with van der Waals surface area (Å²) in [6, 6.07) is 9.78. The summed E-state index contributed by atoms with van der Waals surface area (Å²) < 4.78 is 5.00. The van der Waals surface area contributed by atoms with Crippen LogP contribution in [0.3, 0.4) is 0 Å². The van der Waals surface area contributed by atoms with Crippen molar-refractivity contribution in [3.8, 4) is 0 Å². The van der Waals surface area contributed by atoms with E-state index in [1.807, 2.05) is 24.3 Å². The van der Waals surface area contributed by atoms with Crippen molar-refractivity contribution in [2.45, 2.75) is 57.8 Å². The fourth-order valence-electron chi connectivity index (χ4n) is 4.33. The van der Waals surface area contributed by atoms with E-state index in [0.29, 0.717) is 37.4 Å². The van der Waals surface area contributed by atoms with Gasteiger partial charge in [-0.05, 0) is 68.0 Å². The minimum absolute atomic E-state index is 0.0895. The van der Waals surface area contributed by atoms with Gasteiger partial charge in [-0.3, -0.25) is 24.7 Å². The Bertz CT molecular complexity index is 1040. The number of nitrogens with zero attached hydrogens (tertiary/aromatic N) is 2. The first-order chi connectivity index (χ1) is 17.4. The molecule has 0 bridgehead atoms. The molecule has 2 aromatic rings. The highest BCUT2D eigenvalue weighted by molar-refractivity contribution is 6.30. The monoisotopic (exact) mass is 515 g/mol. The minimum Gasteiger partial charge on any atom is -0.465 e. The fourth-order valence-corrected chi connectivity index (χ4v) is 4.53. The van der Waals surface area contributed by atoms with Crippen LogP contribution >= 0.6 is 11.6 Å². The Labute approximate surface area is 216 Å². The van der Waals surface area contributed by atoms with E-state index in [-0.39, 0.29) is 31.5 Å². The zero-order valence-electron chi connectivity index (χ0n) is 20.5. The molecule has 0 radical (unpaired) electrons. The third-order valence-corrected chi connectivity index (χ3v) is 6.43. The second kappa shape index (κ2) is 13.9. The molecule has 0 aliphatic carbocycles. The van der Waals surface area contributed by atoms with Crippen molar-refractivity contribution in [3.63, 3.8) is 0 Å². The molecule has 36 heavy (non-hydrogen) atoms. The van der Waals surface area contributed by atoms with Gasteiger partial charge in [-0.2, -0.15) is 0 Å². The van der Waals surface area contributed by atoms with Crippen LogP contribution in [0.25, 0.3) is 0 Å². The molecule has 2 atom stereocenters. The summed E-state index contributed by atoms with van der Waals surface area (Å²) in [4.78, 5) is 44.5. The molecule has 1 aromatic heterocycles. The number of amides is 2. The van der Waals surface area contributed by atoms with Crippen LogP contribution in [-0.2, 0) is 38.6 Å². The van der Waals surface area contributed by atoms with Crippen LogP contribution in [0.2, 0.25) is 5.02 Å². The molecule has 10 heteroatoms. The molecule has 1 aliphatic rings. The van der Waals surface area contributed by atoms with Crippen LogP contribution in [0.15, 0.2) is 42.6 Å². The highest BCUT2D eigenvalue weighted by atomic mass is 35.5. The van der Waals surface area contributed by atoms with Crippen molar-refractivity contribution in [1.82, 2.24) is 20.5 Å². The maximum atomic E-state index is 13.5. The lowest BCUT2D eigenvalue weighted by molar-refractivity contribution is -0.143. The Morgan fingerprint density at radius 1 is 1.25 bits per heavy atom. The fraction of sp³-hybridized carbons (Fsp3) is 0.462. The molecule has 194 valence electrons. The Morgan fingerprint density at radius 2 is 2.08 bits per heavy atom. The van der Waals surface area contributed by atoms with Crippen molar-refractivity contribution in [2.24, 2.45) is 5.73 Å². The third kappa shape index (κ3) is 7.74. The molecule has 2 amide bonds. The second-order valence-electron chi connectivity index (χ2n) is 8.62. The van der Waals surface area contributed by atoms with Crippen LogP contribution in [0.5, 0.6) is 0 Å². The zero-order valence-corrected chi connectivity index (χ0v) is 21.3. The van der Waals surface area contributed by atoms with Crippen molar-refractivity contribution >= 4 is 29.4 Å². The zero-order chi connectivity index (χ0) is 25.9. The second-order valence-corrected chi connectivity index (χ2v) is 9.06. The predicted molar refractivity (Wildman–Crippen MR) is 137 cm³/mol. The van der Waals surface area contributed by atoms with E-state index in [1.54, 1.807) is 30.2 Å². The SMILES string of the molecule is CCOC(=O)CN[C@H](CCc1ccccn1)C(=O)N1CCC[C@H]1C(=O)NCc1cc(Cl)ccc1CN. The Morgan fingerprint density at radius 3 is 2.81 bits per heavy atom. The lowest BCUT2D eigenvalue weighted by Crippen LogP contribution is -2.53. The number of halogens is 1. The van der Waals surface area contributed by atoms with E-state index in [9.17, 15) is 14.4 Å². The van der Waals surface area contributed by atoms with Crippen LogP contribution in [0.4, 0.5) is 0 Å². The summed E-state index contributed by atoms with van der Waals surface area (Å²) in [5.74, 6) is -0.864. The van der Waals surface area contributed by atoms with Gasteiger partial charge in [0.2, 0.25) is 11.8 Å². The smallest absolute Gasteiger partial charge is 0.319 e. The summed E-state index contributed by atoms with van der Waals surface area (Å²) in [6.07, 6.45) is 3.98. The number of aryl methyl sites for hydroxylation is 1. The number of aromatic nitrogens is 1. The summed E-state index contributed by atoms with van der Waals surface area (Å²) in [5.41, 5.74) is 8.40. The Balaban J connectivity index is 1.66. The van der Waals surface area contributed by atoms with Gasteiger partial charge in [0.15, 0.2) is 0 Å². The Hall–Kier alpha value is -3.01. The number of nitrogens with two attached hydrogens (primary N) is 1. The topological polar surface area (TPSA) is 127 Å². The van der Waals surface area contributed by atoms with Crippen molar-refractivity contribution in [1.29, 1.82) is 0 Å². The van der Waals surface area contributed by atoms with Gasteiger partial charge >= 0.3 is 5.97 Å². The molecule has 2 heterocycles. The summed E-state index contributed by atoms with van der Waals surface area (Å²) in [5, 5.41) is 6.54. The average molecular weight is 516 g/mol. The number of carbonyl (C=O) groups is 3. The molecule has 1 fully saturated rings. The molecule has 0 unspecified atom stereocenters. The van der Waals surface area contributed by atoms with E-state index in [4.69, 9.17) is 22.1 Å². The van der Waals surface area contributed by atoms with Crippen molar-refractivity contribution in [2.75, 3.05) is 19.7 Å². The van der Waals surface area contributed by atoms with Gasteiger partial charge < -0.3 is 20.7 Å². The van der Waals surface area contributed by atoms with Gasteiger partial charge in [-0.1, -0.05) is 23.7 Å². The van der Waals surface area contributed by atoms with E-state index in [2.05, 4.69) is 15.6 Å².